The molecule has 0 spiro atoms. The molecule has 2 aromatic heterocycles. The zero-order valence-corrected chi connectivity index (χ0v) is 16.0. The van der Waals surface area contributed by atoms with E-state index in [1.165, 1.54) is 18.9 Å². The predicted octanol–water partition coefficient (Wildman–Crippen LogP) is 3.65. The Morgan fingerprint density at radius 2 is 2.11 bits per heavy atom. The minimum absolute atomic E-state index is 0.202. The first-order chi connectivity index (χ1) is 13.0. The summed E-state index contributed by atoms with van der Waals surface area (Å²) in [4.78, 5) is 28.4. The van der Waals surface area contributed by atoms with E-state index in [1.54, 1.807) is 36.5 Å². The number of thioether (sulfide) groups is 1. The van der Waals surface area contributed by atoms with Gasteiger partial charge in [-0.2, -0.15) is 0 Å². The van der Waals surface area contributed by atoms with Gasteiger partial charge in [-0.15, -0.1) is 0 Å². The van der Waals surface area contributed by atoms with Crippen molar-refractivity contribution >= 4 is 29.3 Å². The van der Waals surface area contributed by atoms with Crippen molar-refractivity contribution < 1.29 is 18.7 Å². The third-order valence-electron chi connectivity index (χ3n) is 3.91. The fraction of sp³-hybridized carbons (Fsp3) is 0.211. The van der Waals surface area contributed by atoms with Crippen LogP contribution in [-0.2, 0) is 17.5 Å². The molecule has 8 heteroatoms. The van der Waals surface area contributed by atoms with Crippen molar-refractivity contribution in [3.05, 3.63) is 65.4 Å². The SMILES string of the molecule is COC(=O)c1ccc(C)c(NC(=O)c2ccc(CSc3nccn3C)o2)c1. The van der Waals surface area contributed by atoms with Gasteiger partial charge in [0.2, 0.25) is 0 Å². The number of carbonyl (C=O) groups excluding carboxylic acids is 2. The lowest BCUT2D eigenvalue weighted by Crippen LogP contribution is -2.13. The molecule has 2 heterocycles. The van der Waals surface area contributed by atoms with Gasteiger partial charge < -0.3 is 19.0 Å². The van der Waals surface area contributed by atoms with Crippen LogP contribution in [0.5, 0.6) is 0 Å². The number of anilines is 1. The van der Waals surface area contributed by atoms with Crippen LogP contribution in [0.15, 0.2) is 52.3 Å². The molecule has 0 aliphatic carbocycles. The number of methoxy groups -OCH3 is 1. The number of furan rings is 1. The van der Waals surface area contributed by atoms with Crippen LogP contribution in [-0.4, -0.2) is 28.5 Å². The van der Waals surface area contributed by atoms with E-state index < -0.39 is 5.97 Å². The molecule has 0 atom stereocenters. The summed E-state index contributed by atoms with van der Waals surface area (Å²) in [5.74, 6) is 0.599. The maximum Gasteiger partial charge on any atom is 0.337 e. The van der Waals surface area contributed by atoms with Crippen molar-refractivity contribution in [3.63, 3.8) is 0 Å². The van der Waals surface area contributed by atoms with Crippen molar-refractivity contribution in [1.29, 1.82) is 0 Å². The Morgan fingerprint density at radius 3 is 2.81 bits per heavy atom. The van der Waals surface area contributed by atoms with Gasteiger partial charge in [-0.05, 0) is 36.8 Å². The second-order valence-electron chi connectivity index (χ2n) is 5.85. The van der Waals surface area contributed by atoms with Gasteiger partial charge in [0.25, 0.3) is 5.91 Å². The van der Waals surface area contributed by atoms with Crippen molar-refractivity contribution in [1.82, 2.24) is 9.55 Å². The highest BCUT2D eigenvalue weighted by Crippen LogP contribution is 2.23. The van der Waals surface area contributed by atoms with Crippen LogP contribution >= 0.6 is 11.8 Å². The molecule has 27 heavy (non-hydrogen) atoms. The van der Waals surface area contributed by atoms with E-state index in [0.29, 0.717) is 22.8 Å². The molecular weight excluding hydrogens is 366 g/mol. The number of imidazole rings is 1. The quantitative estimate of drug-likeness (QED) is 0.515. The molecule has 7 nitrogen and oxygen atoms in total. The fourth-order valence-corrected chi connectivity index (χ4v) is 3.22. The number of carbonyl (C=O) groups is 2. The minimum atomic E-state index is -0.461. The number of aryl methyl sites for hydroxylation is 2. The van der Waals surface area contributed by atoms with E-state index in [4.69, 9.17) is 9.15 Å². The smallest absolute Gasteiger partial charge is 0.337 e. The van der Waals surface area contributed by atoms with Crippen LogP contribution in [0.1, 0.15) is 32.2 Å². The summed E-state index contributed by atoms with van der Waals surface area (Å²) in [6.07, 6.45) is 3.60. The van der Waals surface area contributed by atoms with Crippen molar-refractivity contribution in [2.45, 2.75) is 17.8 Å². The average molecular weight is 385 g/mol. The van der Waals surface area contributed by atoms with E-state index in [9.17, 15) is 9.59 Å². The molecule has 0 saturated heterocycles. The largest absolute Gasteiger partial charge is 0.465 e. The average Bonchev–Trinajstić information content (AvgIpc) is 3.30. The molecule has 3 aromatic rings. The maximum atomic E-state index is 12.5. The summed E-state index contributed by atoms with van der Waals surface area (Å²) >= 11 is 1.52. The molecule has 1 aromatic carbocycles. The van der Waals surface area contributed by atoms with E-state index in [0.717, 1.165) is 10.7 Å². The lowest BCUT2D eigenvalue weighted by molar-refractivity contribution is 0.0600. The van der Waals surface area contributed by atoms with Gasteiger partial charge in [0.1, 0.15) is 5.76 Å². The Kier molecular flexibility index (Phi) is 5.66. The first kappa shape index (κ1) is 18.8. The number of hydrogen-bond donors (Lipinski definition) is 1. The molecule has 0 fully saturated rings. The Balaban J connectivity index is 1.67. The van der Waals surface area contributed by atoms with E-state index >= 15 is 0 Å². The summed E-state index contributed by atoms with van der Waals surface area (Å²) < 4.78 is 12.3. The zero-order chi connectivity index (χ0) is 19.4. The lowest BCUT2D eigenvalue weighted by atomic mass is 10.1. The second-order valence-corrected chi connectivity index (χ2v) is 6.79. The number of hydrogen-bond acceptors (Lipinski definition) is 6. The number of aromatic nitrogens is 2. The van der Waals surface area contributed by atoms with Crippen LogP contribution in [0.3, 0.4) is 0 Å². The van der Waals surface area contributed by atoms with Gasteiger partial charge in [-0.3, -0.25) is 4.79 Å². The third kappa shape index (κ3) is 4.40. The molecule has 1 N–H and O–H groups in total. The fourth-order valence-electron chi connectivity index (χ4n) is 2.39. The topological polar surface area (TPSA) is 86.4 Å². The summed E-state index contributed by atoms with van der Waals surface area (Å²) in [5, 5.41) is 3.64. The van der Waals surface area contributed by atoms with Crippen molar-refractivity contribution in [2.24, 2.45) is 7.05 Å². The highest BCUT2D eigenvalue weighted by molar-refractivity contribution is 7.98. The van der Waals surface area contributed by atoms with E-state index in [1.807, 2.05) is 24.7 Å². The Bertz CT molecular complexity index is 977. The first-order valence-corrected chi connectivity index (χ1v) is 9.15. The number of esters is 1. The van der Waals surface area contributed by atoms with E-state index in [2.05, 4.69) is 10.3 Å². The second kappa shape index (κ2) is 8.13. The van der Waals surface area contributed by atoms with Crippen LogP contribution in [0.4, 0.5) is 5.69 Å². The van der Waals surface area contributed by atoms with Gasteiger partial charge in [-0.25, -0.2) is 9.78 Å². The summed E-state index contributed by atoms with van der Waals surface area (Å²) in [7, 11) is 3.23. The highest BCUT2D eigenvalue weighted by Gasteiger charge is 2.15. The normalized spacial score (nSPS) is 10.6. The molecule has 0 aliphatic heterocycles. The van der Waals surface area contributed by atoms with Gasteiger partial charge >= 0.3 is 5.97 Å². The number of nitrogens with one attached hydrogen (secondary N) is 1. The Morgan fingerprint density at radius 1 is 1.30 bits per heavy atom. The van der Waals surface area contributed by atoms with Crippen molar-refractivity contribution in [2.75, 3.05) is 12.4 Å². The molecule has 0 saturated carbocycles. The zero-order valence-electron chi connectivity index (χ0n) is 15.2. The molecule has 0 aliphatic rings. The number of ether oxygens (including phenoxy) is 1. The maximum absolute atomic E-state index is 12.5. The van der Waals surface area contributed by atoms with Crippen LogP contribution in [0, 0.1) is 6.92 Å². The number of rotatable bonds is 6. The standard InChI is InChI=1S/C19H19N3O4S/c1-12-4-5-13(18(24)25-3)10-15(12)21-17(23)16-7-6-14(26-16)11-27-19-20-8-9-22(19)2/h4-10H,11H2,1-3H3,(H,21,23). The van der Waals surface area contributed by atoms with E-state index in [-0.39, 0.29) is 11.7 Å². The van der Waals surface area contributed by atoms with Gasteiger partial charge in [0.15, 0.2) is 10.9 Å². The summed E-state index contributed by atoms with van der Waals surface area (Å²) in [5.41, 5.74) is 1.72. The number of benzene rings is 1. The summed E-state index contributed by atoms with van der Waals surface area (Å²) in [6.45, 7) is 1.84. The van der Waals surface area contributed by atoms with Gasteiger partial charge in [0, 0.05) is 25.1 Å². The first-order valence-electron chi connectivity index (χ1n) is 8.17. The molecule has 0 radical (unpaired) electrons. The monoisotopic (exact) mass is 385 g/mol. The van der Waals surface area contributed by atoms with Gasteiger partial charge in [-0.1, -0.05) is 17.8 Å². The Labute approximate surface area is 160 Å². The molecule has 1 amide bonds. The highest BCUT2D eigenvalue weighted by atomic mass is 32.2. The third-order valence-corrected chi connectivity index (χ3v) is 4.99. The number of amides is 1. The predicted molar refractivity (Wildman–Crippen MR) is 102 cm³/mol. The molecule has 140 valence electrons. The van der Waals surface area contributed by atoms with Crippen LogP contribution in [0.25, 0.3) is 0 Å². The van der Waals surface area contributed by atoms with Gasteiger partial charge in [0.05, 0.1) is 18.4 Å². The molecule has 0 bridgehead atoms. The van der Waals surface area contributed by atoms with Crippen LogP contribution < -0.4 is 5.32 Å². The molecular formula is C19H19N3O4S. The lowest BCUT2D eigenvalue weighted by Gasteiger charge is -2.09. The van der Waals surface area contributed by atoms with Crippen molar-refractivity contribution in [3.8, 4) is 0 Å². The minimum Gasteiger partial charge on any atom is -0.465 e. The molecule has 3 rings (SSSR count). The Hall–Kier alpha value is -3.00. The summed E-state index contributed by atoms with van der Waals surface area (Å²) in [6, 6.07) is 8.38. The van der Waals surface area contributed by atoms with Crippen LogP contribution in [0.2, 0.25) is 0 Å². The number of nitrogens with zero attached hydrogens (tertiary/aromatic N) is 2. The molecule has 0 unspecified atom stereocenters.